The van der Waals surface area contributed by atoms with E-state index in [9.17, 15) is 0 Å². The molecule has 0 aliphatic carbocycles. The van der Waals surface area contributed by atoms with E-state index in [0.717, 1.165) is 5.75 Å². The Bertz CT molecular complexity index is 285. The van der Waals surface area contributed by atoms with Gasteiger partial charge in [-0.25, -0.2) is 0 Å². The van der Waals surface area contributed by atoms with E-state index in [4.69, 9.17) is 4.74 Å². The van der Waals surface area contributed by atoms with Crippen molar-refractivity contribution >= 4 is 0 Å². The quantitative estimate of drug-likeness (QED) is 0.632. The third kappa shape index (κ3) is 1.18. The molecular formula is C10H13NO. The summed E-state index contributed by atoms with van der Waals surface area (Å²) in [4.78, 5) is 0. The highest BCUT2D eigenvalue weighted by molar-refractivity contribution is 5.37. The second kappa shape index (κ2) is 2.79. The van der Waals surface area contributed by atoms with Gasteiger partial charge in [0.15, 0.2) is 0 Å². The monoisotopic (exact) mass is 163 g/mol. The van der Waals surface area contributed by atoms with Gasteiger partial charge in [0.05, 0.1) is 0 Å². The number of hydrogen-bond acceptors (Lipinski definition) is 2. The Morgan fingerprint density at radius 1 is 1.25 bits per heavy atom. The van der Waals surface area contributed by atoms with Crippen LogP contribution in [0, 0.1) is 0 Å². The minimum atomic E-state index is 0.120. The first-order valence-corrected chi connectivity index (χ1v) is 4.29. The Morgan fingerprint density at radius 3 is 2.83 bits per heavy atom. The molecule has 0 spiro atoms. The van der Waals surface area contributed by atoms with E-state index < -0.39 is 0 Å². The van der Waals surface area contributed by atoms with Crippen molar-refractivity contribution in [1.82, 2.24) is 5.32 Å². The number of nitrogens with one attached hydrogen (secondary N) is 1. The third-order valence-electron chi connectivity index (χ3n) is 2.17. The summed E-state index contributed by atoms with van der Waals surface area (Å²) in [6.07, 6.45) is 0.120. The van der Waals surface area contributed by atoms with Gasteiger partial charge >= 0.3 is 0 Å². The molecule has 0 saturated carbocycles. The molecule has 1 aromatic carbocycles. The summed E-state index contributed by atoms with van der Waals surface area (Å²) in [5.41, 5.74) is 1.25. The van der Waals surface area contributed by atoms with Crippen molar-refractivity contribution in [3.05, 3.63) is 29.8 Å². The van der Waals surface area contributed by atoms with Gasteiger partial charge in [0.25, 0.3) is 0 Å². The highest BCUT2D eigenvalue weighted by Crippen LogP contribution is 2.29. The van der Waals surface area contributed by atoms with Crippen molar-refractivity contribution in [2.45, 2.75) is 26.1 Å². The van der Waals surface area contributed by atoms with E-state index >= 15 is 0 Å². The number of rotatable bonds is 0. The number of para-hydroxylation sites is 1. The number of ether oxygens (including phenoxy) is 1. The van der Waals surface area contributed by atoms with Gasteiger partial charge in [-0.15, -0.1) is 0 Å². The lowest BCUT2D eigenvalue weighted by molar-refractivity contribution is 0.144. The van der Waals surface area contributed by atoms with E-state index in [-0.39, 0.29) is 6.23 Å². The number of hydrogen-bond donors (Lipinski definition) is 1. The van der Waals surface area contributed by atoms with Crippen LogP contribution in [0.25, 0.3) is 0 Å². The van der Waals surface area contributed by atoms with E-state index in [1.54, 1.807) is 0 Å². The average molecular weight is 163 g/mol. The first kappa shape index (κ1) is 7.62. The minimum absolute atomic E-state index is 0.120. The summed E-state index contributed by atoms with van der Waals surface area (Å²) in [5, 5.41) is 3.31. The molecule has 1 aliphatic heterocycles. The molecule has 0 radical (unpaired) electrons. The van der Waals surface area contributed by atoms with Gasteiger partial charge in [-0.2, -0.15) is 0 Å². The molecular weight excluding hydrogens is 150 g/mol. The van der Waals surface area contributed by atoms with E-state index in [0.29, 0.717) is 6.04 Å². The van der Waals surface area contributed by atoms with Crippen LogP contribution in [0.5, 0.6) is 5.75 Å². The van der Waals surface area contributed by atoms with Gasteiger partial charge in [0.2, 0.25) is 0 Å². The number of fused-ring (bicyclic) bond motifs is 1. The Balaban J connectivity index is 2.40. The first-order chi connectivity index (χ1) is 5.77. The van der Waals surface area contributed by atoms with Crippen LogP contribution in [0.1, 0.15) is 25.5 Å². The molecule has 0 amide bonds. The maximum atomic E-state index is 5.59. The van der Waals surface area contributed by atoms with Crippen LogP contribution >= 0.6 is 0 Å². The van der Waals surface area contributed by atoms with Crippen molar-refractivity contribution in [3.63, 3.8) is 0 Å². The lowest BCUT2D eigenvalue weighted by Crippen LogP contribution is -2.37. The second-order valence-corrected chi connectivity index (χ2v) is 3.19. The smallest absolute Gasteiger partial charge is 0.147 e. The fourth-order valence-electron chi connectivity index (χ4n) is 1.61. The molecule has 0 unspecified atom stereocenters. The molecule has 2 nitrogen and oxygen atoms in total. The molecule has 0 aromatic heterocycles. The largest absolute Gasteiger partial charge is 0.475 e. The van der Waals surface area contributed by atoms with Gasteiger partial charge in [0.1, 0.15) is 12.0 Å². The van der Waals surface area contributed by atoms with Crippen molar-refractivity contribution in [3.8, 4) is 5.75 Å². The molecule has 0 saturated heterocycles. The first-order valence-electron chi connectivity index (χ1n) is 4.29. The van der Waals surface area contributed by atoms with Gasteiger partial charge in [0, 0.05) is 11.6 Å². The molecule has 64 valence electrons. The zero-order chi connectivity index (χ0) is 8.55. The Morgan fingerprint density at radius 2 is 2.00 bits per heavy atom. The average Bonchev–Trinajstić information content (AvgIpc) is 2.04. The van der Waals surface area contributed by atoms with Gasteiger partial charge in [-0.05, 0) is 19.9 Å². The molecule has 0 bridgehead atoms. The molecule has 2 rings (SSSR count). The van der Waals surface area contributed by atoms with Crippen LogP contribution in [0.3, 0.4) is 0 Å². The van der Waals surface area contributed by atoms with Crippen LogP contribution in [0.4, 0.5) is 0 Å². The summed E-state index contributed by atoms with van der Waals surface area (Å²) in [7, 11) is 0. The Kier molecular flexibility index (Phi) is 1.77. The van der Waals surface area contributed by atoms with Crippen molar-refractivity contribution < 1.29 is 4.74 Å². The summed E-state index contributed by atoms with van der Waals surface area (Å²) < 4.78 is 5.59. The predicted octanol–water partition coefficient (Wildman–Crippen LogP) is 2.08. The fourth-order valence-corrected chi connectivity index (χ4v) is 1.61. The maximum absolute atomic E-state index is 5.59. The molecule has 2 heteroatoms. The fraction of sp³-hybridized carbons (Fsp3) is 0.400. The topological polar surface area (TPSA) is 21.3 Å². The van der Waals surface area contributed by atoms with Crippen molar-refractivity contribution in [2.75, 3.05) is 0 Å². The lowest BCUT2D eigenvalue weighted by atomic mass is 10.1. The molecule has 1 aromatic rings. The summed E-state index contributed by atoms with van der Waals surface area (Å²) in [5.74, 6) is 1.01. The molecule has 1 N–H and O–H groups in total. The van der Waals surface area contributed by atoms with Crippen LogP contribution in [0.2, 0.25) is 0 Å². The summed E-state index contributed by atoms with van der Waals surface area (Å²) >= 11 is 0. The lowest BCUT2D eigenvalue weighted by Gasteiger charge is -2.29. The van der Waals surface area contributed by atoms with Crippen LogP contribution in [0.15, 0.2) is 24.3 Å². The zero-order valence-corrected chi connectivity index (χ0v) is 7.37. The molecule has 2 atom stereocenters. The third-order valence-corrected chi connectivity index (χ3v) is 2.17. The SMILES string of the molecule is C[C@@H]1N[C@H](C)Oc2ccccc21. The summed E-state index contributed by atoms with van der Waals surface area (Å²) in [6.45, 7) is 4.17. The van der Waals surface area contributed by atoms with E-state index in [1.165, 1.54) is 5.56 Å². The van der Waals surface area contributed by atoms with Crippen LogP contribution in [-0.2, 0) is 0 Å². The molecule has 1 heterocycles. The normalized spacial score (nSPS) is 27.5. The standard InChI is InChI=1S/C10H13NO/c1-7-9-5-3-4-6-10(9)12-8(2)11-7/h3-8,11H,1-2H3/t7-,8-/m0/s1. The van der Waals surface area contributed by atoms with Crippen LogP contribution in [-0.4, -0.2) is 6.23 Å². The second-order valence-electron chi connectivity index (χ2n) is 3.19. The zero-order valence-electron chi connectivity index (χ0n) is 7.37. The van der Waals surface area contributed by atoms with Crippen molar-refractivity contribution in [2.24, 2.45) is 0 Å². The maximum Gasteiger partial charge on any atom is 0.147 e. The molecule has 12 heavy (non-hydrogen) atoms. The summed E-state index contributed by atoms with van der Waals surface area (Å²) in [6, 6.07) is 8.55. The van der Waals surface area contributed by atoms with E-state index in [2.05, 4.69) is 18.3 Å². The van der Waals surface area contributed by atoms with Gasteiger partial charge in [-0.3, -0.25) is 5.32 Å². The highest BCUT2D eigenvalue weighted by Gasteiger charge is 2.20. The Hall–Kier alpha value is -1.02. The van der Waals surface area contributed by atoms with Crippen molar-refractivity contribution in [1.29, 1.82) is 0 Å². The minimum Gasteiger partial charge on any atom is -0.475 e. The van der Waals surface area contributed by atoms with E-state index in [1.807, 2.05) is 25.1 Å². The van der Waals surface area contributed by atoms with Crippen LogP contribution < -0.4 is 10.1 Å². The van der Waals surface area contributed by atoms with Gasteiger partial charge in [-0.1, -0.05) is 18.2 Å². The molecule has 0 fully saturated rings. The highest BCUT2D eigenvalue weighted by atomic mass is 16.5. The van der Waals surface area contributed by atoms with Gasteiger partial charge < -0.3 is 4.74 Å². The molecule has 1 aliphatic rings. The predicted molar refractivity (Wildman–Crippen MR) is 48.1 cm³/mol. The Labute approximate surface area is 72.5 Å². The number of benzene rings is 1.